The molecule has 0 aliphatic carbocycles. The largest absolute Gasteiger partial charge is 0.297 e. The van der Waals surface area contributed by atoms with Gasteiger partial charge in [-0.25, -0.2) is 4.68 Å². The van der Waals surface area contributed by atoms with Crippen LogP contribution in [0.2, 0.25) is 0 Å². The van der Waals surface area contributed by atoms with Gasteiger partial charge in [0.1, 0.15) is 0 Å². The van der Waals surface area contributed by atoms with Crippen molar-refractivity contribution in [3.8, 4) is 5.69 Å². The molecule has 0 unspecified atom stereocenters. The Hall–Kier alpha value is -2.61. The van der Waals surface area contributed by atoms with Crippen LogP contribution in [0.15, 0.2) is 66.7 Å². The molecular weight excluding hydrogens is 368 g/mol. The van der Waals surface area contributed by atoms with E-state index in [0.717, 1.165) is 38.4 Å². The van der Waals surface area contributed by atoms with E-state index in [-0.39, 0.29) is 0 Å². The first-order valence-corrected chi connectivity index (χ1v) is 9.95. The maximum Gasteiger partial charge on any atom is 0.221 e. The molecule has 1 fully saturated rings. The molecule has 0 spiro atoms. The van der Waals surface area contributed by atoms with E-state index >= 15 is 0 Å². The lowest BCUT2D eigenvalue weighted by Gasteiger charge is -2.33. The number of hydrogen-bond acceptors (Lipinski definition) is 5. The molecule has 0 bridgehead atoms. The Morgan fingerprint density at radius 1 is 0.821 bits per heavy atom. The first kappa shape index (κ1) is 18.7. The molecular formula is C21H24N6S. The van der Waals surface area contributed by atoms with Crippen LogP contribution in [0.5, 0.6) is 0 Å². The molecule has 0 saturated carbocycles. The number of aromatic nitrogens is 4. The van der Waals surface area contributed by atoms with E-state index in [2.05, 4.69) is 56.6 Å². The van der Waals surface area contributed by atoms with Crippen LogP contribution in [0, 0.1) is 4.77 Å². The molecule has 1 saturated heterocycles. The molecule has 4 rings (SSSR count). The fourth-order valence-corrected chi connectivity index (χ4v) is 3.54. The molecule has 0 amide bonds. The van der Waals surface area contributed by atoms with Crippen LogP contribution >= 0.6 is 12.2 Å². The topological polar surface area (TPSA) is 42.1 Å². The normalized spacial score (nSPS) is 16.0. The van der Waals surface area contributed by atoms with Gasteiger partial charge in [0.2, 0.25) is 4.77 Å². The molecule has 0 atom stereocenters. The summed E-state index contributed by atoms with van der Waals surface area (Å²) in [5.74, 6) is 0. The van der Waals surface area contributed by atoms with Crippen molar-refractivity contribution in [2.45, 2.75) is 6.67 Å². The molecule has 7 heteroatoms. The third kappa shape index (κ3) is 4.62. The Morgan fingerprint density at radius 2 is 1.46 bits per heavy atom. The van der Waals surface area contributed by atoms with Crippen LogP contribution in [0.3, 0.4) is 0 Å². The van der Waals surface area contributed by atoms with Gasteiger partial charge in [-0.05, 0) is 40.3 Å². The maximum atomic E-state index is 5.56. The molecule has 3 aromatic rings. The third-order valence-electron chi connectivity index (χ3n) is 4.91. The van der Waals surface area contributed by atoms with E-state index in [1.165, 1.54) is 5.56 Å². The summed E-state index contributed by atoms with van der Waals surface area (Å²) in [6.07, 6.45) is 4.43. The van der Waals surface area contributed by atoms with Crippen molar-refractivity contribution in [3.63, 3.8) is 0 Å². The molecule has 0 radical (unpaired) electrons. The van der Waals surface area contributed by atoms with Gasteiger partial charge in [0.25, 0.3) is 0 Å². The minimum Gasteiger partial charge on any atom is -0.297 e. The van der Waals surface area contributed by atoms with Crippen molar-refractivity contribution < 1.29 is 0 Å². The lowest BCUT2D eigenvalue weighted by molar-refractivity contribution is 0.109. The van der Waals surface area contributed by atoms with Crippen LogP contribution in [0.1, 0.15) is 5.56 Å². The molecule has 28 heavy (non-hydrogen) atoms. The van der Waals surface area contributed by atoms with Crippen molar-refractivity contribution >= 4 is 18.3 Å². The minimum absolute atomic E-state index is 0.624. The molecule has 0 N–H and O–H groups in total. The van der Waals surface area contributed by atoms with Gasteiger partial charge in [-0.2, -0.15) is 4.68 Å². The highest BCUT2D eigenvalue weighted by atomic mass is 32.1. The van der Waals surface area contributed by atoms with Gasteiger partial charge in [-0.1, -0.05) is 60.7 Å². The van der Waals surface area contributed by atoms with Gasteiger partial charge in [-0.15, -0.1) is 0 Å². The maximum absolute atomic E-state index is 5.56. The van der Waals surface area contributed by atoms with Crippen molar-refractivity contribution in [2.24, 2.45) is 0 Å². The van der Waals surface area contributed by atoms with Gasteiger partial charge in [0, 0.05) is 32.7 Å². The highest BCUT2D eigenvalue weighted by Gasteiger charge is 2.17. The fraction of sp³-hybridized carbons (Fsp3) is 0.286. The van der Waals surface area contributed by atoms with Gasteiger partial charge in [0.05, 0.1) is 12.4 Å². The Kier molecular flexibility index (Phi) is 6.06. The number of rotatable bonds is 6. The molecule has 1 aliphatic rings. The second-order valence-electron chi connectivity index (χ2n) is 6.88. The van der Waals surface area contributed by atoms with Crippen molar-refractivity contribution in [2.75, 3.05) is 32.7 Å². The predicted molar refractivity (Wildman–Crippen MR) is 114 cm³/mol. The first-order valence-electron chi connectivity index (χ1n) is 9.54. The number of hydrogen-bond donors (Lipinski definition) is 0. The van der Waals surface area contributed by atoms with E-state index in [4.69, 9.17) is 12.2 Å². The molecule has 2 heterocycles. The summed E-state index contributed by atoms with van der Waals surface area (Å²) in [7, 11) is 0. The van der Waals surface area contributed by atoms with E-state index in [9.17, 15) is 0 Å². The summed E-state index contributed by atoms with van der Waals surface area (Å²) in [5, 5.41) is 8.46. The number of para-hydroxylation sites is 1. The van der Waals surface area contributed by atoms with Crippen LogP contribution in [-0.4, -0.2) is 62.3 Å². The molecule has 6 nitrogen and oxygen atoms in total. The number of nitrogens with zero attached hydrogens (tertiary/aromatic N) is 6. The number of tetrazole rings is 1. The Bertz CT molecular complexity index is 955. The van der Waals surface area contributed by atoms with E-state index in [0.29, 0.717) is 11.4 Å². The van der Waals surface area contributed by atoms with Gasteiger partial charge in [0.15, 0.2) is 0 Å². The van der Waals surface area contributed by atoms with Crippen LogP contribution in [0.4, 0.5) is 0 Å². The van der Waals surface area contributed by atoms with Crippen molar-refractivity contribution in [1.82, 2.24) is 29.6 Å². The summed E-state index contributed by atoms with van der Waals surface area (Å²) in [5.41, 5.74) is 2.19. The van der Waals surface area contributed by atoms with E-state index < -0.39 is 0 Å². The summed E-state index contributed by atoms with van der Waals surface area (Å²) < 4.78 is 4.13. The van der Waals surface area contributed by atoms with Crippen molar-refractivity contribution in [3.05, 3.63) is 77.1 Å². The average molecular weight is 393 g/mol. The van der Waals surface area contributed by atoms with Gasteiger partial charge in [-0.3, -0.25) is 9.80 Å². The lowest BCUT2D eigenvalue weighted by atomic mass is 10.2. The average Bonchev–Trinajstić information content (AvgIpc) is 3.11. The van der Waals surface area contributed by atoms with Crippen molar-refractivity contribution in [1.29, 1.82) is 0 Å². The van der Waals surface area contributed by atoms with Crippen LogP contribution in [0.25, 0.3) is 11.8 Å². The number of benzene rings is 2. The van der Waals surface area contributed by atoms with Gasteiger partial charge < -0.3 is 0 Å². The molecule has 2 aromatic carbocycles. The van der Waals surface area contributed by atoms with Crippen LogP contribution in [-0.2, 0) is 6.67 Å². The SMILES string of the molecule is S=c1n(CN2CCN(C/C=C/c3ccccc3)CC2)nnn1-c1ccccc1. The lowest BCUT2D eigenvalue weighted by Crippen LogP contribution is -2.46. The monoisotopic (exact) mass is 392 g/mol. The smallest absolute Gasteiger partial charge is 0.221 e. The summed E-state index contributed by atoms with van der Waals surface area (Å²) in [6.45, 7) is 5.74. The minimum atomic E-state index is 0.624. The summed E-state index contributed by atoms with van der Waals surface area (Å²) >= 11 is 5.56. The highest BCUT2D eigenvalue weighted by Crippen LogP contribution is 2.08. The quantitative estimate of drug-likeness (QED) is 0.603. The zero-order valence-electron chi connectivity index (χ0n) is 15.8. The van der Waals surface area contributed by atoms with E-state index in [1.807, 2.05) is 36.4 Å². The predicted octanol–water partition coefficient (Wildman–Crippen LogP) is 3.09. The standard InChI is InChI=1S/C21H24N6S/c28-21-26(22-23-27(21)20-11-5-2-6-12-20)18-25-16-14-24(15-17-25)13-7-10-19-8-3-1-4-9-19/h1-12H,13-18H2/b10-7+. The Balaban J connectivity index is 1.29. The molecule has 1 aromatic heterocycles. The zero-order valence-corrected chi connectivity index (χ0v) is 16.6. The highest BCUT2D eigenvalue weighted by molar-refractivity contribution is 7.71. The Labute approximate surface area is 170 Å². The summed E-state index contributed by atoms with van der Waals surface area (Å²) in [4.78, 5) is 4.84. The molecule has 144 valence electrons. The zero-order chi connectivity index (χ0) is 19.2. The summed E-state index contributed by atoms with van der Waals surface area (Å²) in [6, 6.07) is 20.3. The fourth-order valence-electron chi connectivity index (χ4n) is 3.30. The second-order valence-corrected chi connectivity index (χ2v) is 7.25. The third-order valence-corrected chi connectivity index (χ3v) is 5.30. The van der Waals surface area contributed by atoms with E-state index in [1.54, 1.807) is 9.36 Å². The second kappa shape index (κ2) is 9.05. The molecule has 1 aliphatic heterocycles. The first-order chi connectivity index (χ1) is 13.8. The van der Waals surface area contributed by atoms with Crippen LogP contribution < -0.4 is 0 Å². The Morgan fingerprint density at radius 3 is 2.18 bits per heavy atom. The van der Waals surface area contributed by atoms with Gasteiger partial charge >= 0.3 is 0 Å². The number of piperazine rings is 1.